The van der Waals surface area contributed by atoms with E-state index in [0.717, 1.165) is 5.56 Å². The zero-order valence-corrected chi connectivity index (χ0v) is 15.8. The summed E-state index contributed by atoms with van der Waals surface area (Å²) in [6.07, 6.45) is -3.75. The number of nitrogens with two attached hydrogens (primary N) is 1. The summed E-state index contributed by atoms with van der Waals surface area (Å²) in [6.45, 7) is 1.92. The third-order valence-corrected chi connectivity index (χ3v) is 4.57. The Balaban J connectivity index is 1.60. The number of carbonyl (C=O) groups excluding carboxylic acids is 1. The zero-order valence-electron chi connectivity index (χ0n) is 15.0. The van der Waals surface area contributed by atoms with Gasteiger partial charge in [0.2, 0.25) is 0 Å². The highest BCUT2D eigenvalue weighted by atomic mass is 35.5. The molecule has 9 heteroatoms. The number of aryl methyl sites for hydroxylation is 1. The van der Waals surface area contributed by atoms with Crippen molar-refractivity contribution < 1.29 is 23.0 Å². The Hall–Kier alpha value is -3.39. The molecule has 0 atom stereocenters. The topological polar surface area (TPSA) is 86.5 Å². The highest BCUT2D eigenvalue weighted by molar-refractivity contribution is 6.33. The number of rotatable bonds is 3. The minimum absolute atomic E-state index is 0.0548. The van der Waals surface area contributed by atoms with E-state index in [1.165, 1.54) is 18.2 Å². The Morgan fingerprint density at radius 1 is 1.07 bits per heavy atom. The second kappa shape index (κ2) is 6.89. The number of hydrogen-bond donors (Lipinski definition) is 2. The molecule has 4 rings (SSSR count). The van der Waals surface area contributed by atoms with Gasteiger partial charge < -0.3 is 20.5 Å². The summed E-state index contributed by atoms with van der Waals surface area (Å²) in [6, 6.07) is 12.7. The molecule has 1 aliphatic rings. The zero-order chi connectivity index (χ0) is 20.8. The van der Waals surface area contributed by atoms with Crippen LogP contribution < -0.4 is 20.5 Å². The van der Waals surface area contributed by atoms with Crippen molar-refractivity contribution in [3.05, 3.63) is 64.7 Å². The first kappa shape index (κ1) is 18.9. The summed E-state index contributed by atoms with van der Waals surface area (Å²) in [4.78, 5) is 16.5. The lowest BCUT2D eigenvalue weighted by molar-refractivity contribution is -0.286. The Bertz CT molecular complexity index is 1120. The number of aromatic nitrogens is 1. The van der Waals surface area contributed by atoms with Crippen molar-refractivity contribution >= 4 is 29.1 Å². The van der Waals surface area contributed by atoms with E-state index in [-0.39, 0.29) is 34.1 Å². The lowest BCUT2D eigenvalue weighted by Crippen LogP contribution is -2.25. The van der Waals surface area contributed by atoms with Crippen molar-refractivity contribution in [2.24, 2.45) is 0 Å². The van der Waals surface area contributed by atoms with Crippen molar-refractivity contribution in [1.29, 1.82) is 0 Å². The largest absolute Gasteiger partial charge is 0.586 e. The molecule has 0 aliphatic carbocycles. The van der Waals surface area contributed by atoms with Gasteiger partial charge in [-0.3, -0.25) is 4.79 Å². The van der Waals surface area contributed by atoms with Crippen LogP contribution in [0, 0.1) is 6.92 Å². The van der Waals surface area contributed by atoms with Crippen LogP contribution in [0.4, 0.5) is 20.4 Å². The number of fused-ring (bicyclic) bond motifs is 1. The number of benzene rings is 2. The third-order valence-electron chi connectivity index (χ3n) is 4.26. The van der Waals surface area contributed by atoms with E-state index in [2.05, 4.69) is 19.8 Å². The minimum atomic E-state index is -3.75. The van der Waals surface area contributed by atoms with Crippen molar-refractivity contribution in [3.63, 3.8) is 0 Å². The van der Waals surface area contributed by atoms with E-state index < -0.39 is 6.29 Å². The summed E-state index contributed by atoms with van der Waals surface area (Å²) < 4.78 is 35.3. The molecule has 2 heterocycles. The van der Waals surface area contributed by atoms with E-state index in [4.69, 9.17) is 17.3 Å². The van der Waals surface area contributed by atoms with Crippen molar-refractivity contribution in [2.75, 3.05) is 11.1 Å². The number of ether oxygens (including phenoxy) is 2. The van der Waals surface area contributed by atoms with E-state index in [0.29, 0.717) is 16.7 Å². The maximum atomic E-state index is 13.3. The average Bonchev–Trinajstić information content (AvgIpc) is 2.94. The van der Waals surface area contributed by atoms with Crippen molar-refractivity contribution in [1.82, 2.24) is 4.98 Å². The van der Waals surface area contributed by atoms with Gasteiger partial charge in [0.05, 0.1) is 5.02 Å². The second-order valence-electron chi connectivity index (χ2n) is 6.40. The number of nitrogens with one attached hydrogen (secondary N) is 1. The molecular weight excluding hydrogens is 404 g/mol. The van der Waals surface area contributed by atoms with E-state index in [1.807, 2.05) is 19.1 Å². The molecule has 0 bridgehead atoms. The molecule has 0 radical (unpaired) electrons. The Kier molecular flexibility index (Phi) is 4.50. The van der Waals surface area contributed by atoms with Crippen molar-refractivity contribution in [3.8, 4) is 22.6 Å². The van der Waals surface area contributed by atoms with Gasteiger partial charge in [0, 0.05) is 22.8 Å². The van der Waals surface area contributed by atoms with Gasteiger partial charge in [-0.05, 0) is 37.3 Å². The molecule has 3 aromatic rings. The fourth-order valence-electron chi connectivity index (χ4n) is 2.84. The Morgan fingerprint density at radius 2 is 1.72 bits per heavy atom. The maximum absolute atomic E-state index is 13.3. The van der Waals surface area contributed by atoms with Crippen LogP contribution in [0.3, 0.4) is 0 Å². The minimum Gasteiger partial charge on any atom is -0.395 e. The second-order valence-corrected chi connectivity index (χ2v) is 6.80. The molecule has 1 amide bonds. The highest BCUT2D eigenvalue weighted by Crippen LogP contribution is 2.46. The molecule has 1 aliphatic heterocycles. The van der Waals surface area contributed by atoms with Crippen LogP contribution >= 0.6 is 11.6 Å². The van der Waals surface area contributed by atoms with Crippen LogP contribution in [0.5, 0.6) is 11.5 Å². The first-order valence-electron chi connectivity index (χ1n) is 8.46. The van der Waals surface area contributed by atoms with Gasteiger partial charge in [-0.25, -0.2) is 4.98 Å². The SMILES string of the molecule is Cc1ccc(C(=O)Nc2ccc(-c3cc4c(cc3Cl)OC(F)(F)O4)c(N)n2)cc1. The van der Waals surface area contributed by atoms with Crippen LogP contribution in [0.2, 0.25) is 5.02 Å². The van der Waals surface area contributed by atoms with Gasteiger partial charge in [0.1, 0.15) is 11.6 Å². The molecule has 3 N–H and O–H groups in total. The Labute approximate surface area is 169 Å². The number of amides is 1. The molecule has 0 spiro atoms. The van der Waals surface area contributed by atoms with Gasteiger partial charge in [-0.2, -0.15) is 0 Å². The number of halogens is 3. The first-order valence-corrected chi connectivity index (χ1v) is 8.84. The van der Waals surface area contributed by atoms with E-state index in [1.54, 1.807) is 18.2 Å². The average molecular weight is 418 g/mol. The quantitative estimate of drug-likeness (QED) is 0.635. The summed E-state index contributed by atoms with van der Waals surface area (Å²) in [7, 11) is 0. The number of nitrogen functional groups attached to an aromatic ring is 1. The number of nitrogens with zero attached hydrogens (tertiary/aromatic N) is 1. The van der Waals surface area contributed by atoms with Crippen LogP contribution in [-0.4, -0.2) is 17.2 Å². The monoisotopic (exact) mass is 417 g/mol. The molecule has 0 unspecified atom stereocenters. The molecular formula is C20H14ClF2N3O3. The fourth-order valence-corrected chi connectivity index (χ4v) is 3.10. The van der Waals surface area contributed by atoms with Gasteiger partial charge in [-0.1, -0.05) is 29.3 Å². The maximum Gasteiger partial charge on any atom is 0.586 e. The Morgan fingerprint density at radius 3 is 2.38 bits per heavy atom. The van der Waals surface area contributed by atoms with Gasteiger partial charge in [-0.15, -0.1) is 8.78 Å². The summed E-state index contributed by atoms with van der Waals surface area (Å²) in [5, 5.41) is 2.79. The number of carbonyl (C=O) groups is 1. The van der Waals surface area contributed by atoms with E-state index >= 15 is 0 Å². The fraction of sp³-hybridized carbons (Fsp3) is 0.100. The third kappa shape index (κ3) is 3.79. The van der Waals surface area contributed by atoms with E-state index in [9.17, 15) is 13.6 Å². The predicted molar refractivity (Wildman–Crippen MR) is 104 cm³/mol. The molecule has 148 valence electrons. The summed E-state index contributed by atoms with van der Waals surface area (Å²) in [5.74, 6) is -0.379. The summed E-state index contributed by atoms with van der Waals surface area (Å²) in [5.41, 5.74) is 8.25. The van der Waals surface area contributed by atoms with Crippen LogP contribution in [0.1, 0.15) is 15.9 Å². The van der Waals surface area contributed by atoms with Crippen LogP contribution in [0.15, 0.2) is 48.5 Å². The van der Waals surface area contributed by atoms with Crippen molar-refractivity contribution in [2.45, 2.75) is 13.2 Å². The molecule has 0 fully saturated rings. The molecule has 6 nitrogen and oxygen atoms in total. The highest BCUT2D eigenvalue weighted by Gasteiger charge is 2.43. The molecule has 0 saturated heterocycles. The van der Waals surface area contributed by atoms with Gasteiger partial charge in [0.15, 0.2) is 11.5 Å². The molecule has 0 saturated carbocycles. The molecule has 29 heavy (non-hydrogen) atoms. The standard InChI is InChI=1S/C20H14ClF2N3O3/c1-10-2-4-11(5-3-10)19(27)26-17-7-6-12(18(24)25-17)13-8-15-16(9-14(13)21)29-20(22,23)28-15/h2-9H,1H3,(H3,24,25,26,27). The molecule has 2 aromatic carbocycles. The van der Waals surface area contributed by atoms with Crippen LogP contribution in [-0.2, 0) is 0 Å². The molecule has 1 aromatic heterocycles. The first-order chi connectivity index (χ1) is 13.7. The van der Waals surface area contributed by atoms with Gasteiger partial charge in [0.25, 0.3) is 5.91 Å². The van der Waals surface area contributed by atoms with Crippen LogP contribution in [0.25, 0.3) is 11.1 Å². The smallest absolute Gasteiger partial charge is 0.395 e. The number of anilines is 2. The summed E-state index contributed by atoms with van der Waals surface area (Å²) >= 11 is 6.19. The van der Waals surface area contributed by atoms with Gasteiger partial charge >= 0.3 is 6.29 Å². The number of alkyl halides is 2. The lowest BCUT2D eigenvalue weighted by atomic mass is 10.1. The lowest BCUT2D eigenvalue weighted by Gasteiger charge is -2.11. The predicted octanol–water partition coefficient (Wildman–Crippen LogP) is 4.87. The number of pyridine rings is 1. The number of hydrogen-bond acceptors (Lipinski definition) is 5. The normalized spacial score (nSPS) is 13.9.